The van der Waals surface area contributed by atoms with Crippen molar-refractivity contribution >= 4 is 24.8 Å². The van der Waals surface area contributed by atoms with Gasteiger partial charge in [-0.1, -0.05) is 36.3 Å². The Hall–Kier alpha value is -0.680. The van der Waals surface area contributed by atoms with Crippen molar-refractivity contribution < 1.29 is 0 Å². The molecule has 1 nitrogen and oxygen atoms in total. The second kappa shape index (κ2) is 8.90. The smallest absolute Gasteiger partial charge is 0.0599 e. The van der Waals surface area contributed by atoms with Gasteiger partial charge in [-0.05, 0) is 12.6 Å². The van der Waals surface area contributed by atoms with Crippen LogP contribution in [0.15, 0.2) is 30.3 Å². The molecule has 1 rings (SSSR count). The highest BCUT2D eigenvalue weighted by Crippen LogP contribution is 2.01. The molecule has 3 heteroatoms. The minimum Gasteiger partial charge on any atom is -0.291 e. The van der Waals surface area contributed by atoms with Crippen molar-refractivity contribution in [1.29, 1.82) is 0 Å². The van der Waals surface area contributed by atoms with Crippen LogP contribution in [0.4, 0.5) is 0 Å². The van der Waals surface area contributed by atoms with E-state index in [1.165, 1.54) is 5.56 Å². The molecule has 0 fully saturated rings. The van der Waals surface area contributed by atoms with Crippen molar-refractivity contribution in [2.75, 3.05) is 13.6 Å². The largest absolute Gasteiger partial charge is 0.291 e. The predicted molar refractivity (Wildman–Crippen MR) is 66.1 cm³/mol. The van der Waals surface area contributed by atoms with E-state index < -0.39 is 0 Å². The first-order chi connectivity index (χ1) is 5.83. The van der Waals surface area contributed by atoms with Crippen LogP contribution in [-0.4, -0.2) is 18.5 Å². The van der Waals surface area contributed by atoms with Gasteiger partial charge in [0.25, 0.3) is 0 Å². The zero-order valence-corrected chi connectivity index (χ0v) is 9.78. The molecule has 0 aromatic heterocycles. The summed E-state index contributed by atoms with van der Waals surface area (Å²) >= 11 is 0. The minimum absolute atomic E-state index is 0. The average molecular weight is 232 g/mol. The van der Waals surface area contributed by atoms with Crippen molar-refractivity contribution in [3.8, 4) is 12.3 Å². The highest BCUT2D eigenvalue weighted by molar-refractivity contribution is 5.85. The highest BCUT2D eigenvalue weighted by atomic mass is 35.5. The molecular formula is C11H15Cl2N. The maximum atomic E-state index is 5.19. The fourth-order valence-corrected chi connectivity index (χ4v) is 1.11. The third kappa shape index (κ3) is 5.88. The van der Waals surface area contributed by atoms with Gasteiger partial charge >= 0.3 is 0 Å². The Bertz CT molecular complexity index is 266. The van der Waals surface area contributed by atoms with Gasteiger partial charge < -0.3 is 0 Å². The van der Waals surface area contributed by atoms with E-state index in [1.54, 1.807) is 0 Å². The quantitative estimate of drug-likeness (QED) is 0.724. The molecule has 78 valence electrons. The Labute approximate surface area is 98.3 Å². The maximum absolute atomic E-state index is 5.19. The Morgan fingerprint density at radius 2 is 1.79 bits per heavy atom. The first-order valence-electron chi connectivity index (χ1n) is 3.99. The van der Waals surface area contributed by atoms with Gasteiger partial charge in [-0.25, -0.2) is 0 Å². The molecule has 0 radical (unpaired) electrons. The van der Waals surface area contributed by atoms with E-state index in [1.807, 2.05) is 25.2 Å². The molecule has 0 aliphatic carbocycles. The summed E-state index contributed by atoms with van der Waals surface area (Å²) in [7, 11) is 2.02. The standard InChI is InChI=1S/C11H13N.2ClH/c1-3-9-12(2)10-11-7-5-4-6-8-11;;/h1,4-8H,9-10H2,2H3;2*1H. The van der Waals surface area contributed by atoms with E-state index >= 15 is 0 Å². The number of hydrogen-bond acceptors (Lipinski definition) is 1. The number of halogens is 2. The zero-order chi connectivity index (χ0) is 8.81. The van der Waals surface area contributed by atoms with Gasteiger partial charge in [0, 0.05) is 6.54 Å². The Morgan fingerprint density at radius 1 is 1.21 bits per heavy atom. The molecule has 0 saturated carbocycles. The molecule has 0 aliphatic heterocycles. The summed E-state index contributed by atoms with van der Waals surface area (Å²) in [6, 6.07) is 10.3. The number of benzene rings is 1. The lowest BCUT2D eigenvalue weighted by Gasteiger charge is -2.12. The van der Waals surface area contributed by atoms with E-state index in [0.29, 0.717) is 6.54 Å². The van der Waals surface area contributed by atoms with Crippen LogP contribution in [0.3, 0.4) is 0 Å². The van der Waals surface area contributed by atoms with Crippen LogP contribution in [0.1, 0.15) is 5.56 Å². The van der Waals surface area contributed by atoms with E-state index in [4.69, 9.17) is 6.42 Å². The summed E-state index contributed by atoms with van der Waals surface area (Å²) < 4.78 is 0. The fourth-order valence-electron chi connectivity index (χ4n) is 1.11. The molecule has 0 atom stereocenters. The molecule has 14 heavy (non-hydrogen) atoms. The Morgan fingerprint density at radius 3 is 2.29 bits per heavy atom. The Kier molecular flexibility index (Phi) is 10.0. The van der Waals surface area contributed by atoms with Gasteiger partial charge in [-0.15, -0.1) is 31.2 Å². The molecule has 0 saturated heterocycles. The second-order valence-corrected chi connectivity index (χ2v) is 2.86. The summed E-state index contributed by atoms with van der Waals surface area (Å²) in [6.45, 7) is 1.62. The number of rotatable bonds is 3. The molecule has 1 aromatic rings. The van der Waals surface area contributed by atoms with Crippen molar-refractivity contribution in [3.63, 3.8) is 0 Å². The van der Waals surface area contributed by atoms with Crippen LogP contribution in [0.5, 0.6) is 0 Å². The molecule has 0 amide bonds. The number of terminal acetylenes is 1. The van der Waals surface area contributed by atoms with Crippen LogP contribution >= 0.6 is 24.8 Å². The lowest BCUT2D eigenvalue weighted by atomic mass is 10.2. The topological polar surface area (TPSA) is 3.24 Å². The molecule has 0 aliphatic rings. The van der Waals surface area contributed by atoms with Crippen molar-refractivity contribution in [3.05, 3.63) is 35.9 Å². The summed E-state index contributed by atoms with van der Waals surface area (Å²) in [5.41, 5.74) is 1.30. The van der Waals surface area contributed by atoms with Crippen LogP contribution in [0.25, 0.3) is 0 Å². The third-order valence-electron chi connectivity index (χ3n) is 1.66. The van der Waals surface area contributed by atoms with E-state index in [0.717, 1.165) is 6.54 Å². The molecule has 0 unspecified atom stereocenters. The van der Waals surface area contributed by atoms with Gasteiger partial charge in [0.2, 0.25) is 0 Å². The minimum atomic E-state index is 0. The summed E-state index contributed by atoms with van der Waals surface area (Å²) in [5.74, 6) is 2.61. The SMILES string of the molecule is C#CCN(C)Cc1ccccc1.Cl.Cl. The van der Waals surface area contributed by atoms with E-state index in [9.17, 15) is 0 Å². The monoisotopic (exact) mass is 231 g/mol. The zero-order valence-electron chi connectivity index (χ0n) is 8.14. The fraction of sp³-hybridized carbons (Fsp3) is 0.273. The lowest BCUT2D eigenvalue weighted by Crippen LogP contribution is -2.17. The molecular weight excluding hydrogens is 217 g/mol. The number of hydrogen-bond donors (Lipinski definition) is 0. The van der Waals surface area contributed by atoms with E-state index in [-0.39, 0.29) is 24.8 Å². The van der Waals surface area contributed by atoms with Crippen LogP contribution in [-0.2, 0) is 6.54 Å². The summed E-state index contributed by atoms with van der Waals surface area (Å²) in [5, 5.41) is 0. The van der Waals surface area contributed by atoms with Gasteiger partial charge in [-0.3, -0.25) is 4.90 Å². The van der Waals surface area contributed by atoms with Gasteiger partial charge in [0.1, 0.15) is 0 Å². The van der Waals surface area contributed by atoms with Crippen LogP contribution in [0.2, 0.25) is 0 Å². The molecule has 0 heterocycles. The van der Waals surface area contributed by atoms with Gasteiger partial charge in [0.05, 0.1) is 6.54 Å². The summed E-state index contributed by atoms with van der Waals surface area (Å²) in [6.07, 6.45) is 5.19. The van der Waals surface area contributed by atoms with Crippen LogP contribution < -0.4 is 0 Å². The second-order valence-electron chi connectivity index (χ2n) is 2.86. The molecule has 0 spiro atoms. The van der Waals surface area contributed by atoms with Crippen molar-refractivity contribution in [2.45, 2.75) is 6.54 Å². The lowest BCUT2D eigenvalue weighted by molar-refractivity contribution is 0.369. The van der Waals surface area contributed by atoms with Crippen LogP contribution in [0, 0.1) is 12.3 Å². The summed E-state index contributed by atoms with van der Waals surface area (Å²) in [4.78, 5) is 2.11. The van der Waals surface area contributed by atoms with Gasteiger partial charge in [0.15, 0.2) is 0 Å². The first-order valence-corrected chi connectivity index (χ1v) is 3.99. The maximum Gasteiger partial charge on any atom is 0.0599 e. The Balaban J connectivity index is 0. The third-order valence-corrected chi connectivity index (χ3v) is 1.66. The average Bonchev–Trinajstić information content (AvgIpc) is 2.06. The highest BCUT2D eigenvalue weighted by Gasteiger charge is 1.95. The predicted octanol–water partition coefficient (Wildman–Crippen LogP) is 2.60. The van der Waals surface area contributed by atoms with Crippen molar-refractivity contribution in [1.82, 2.24) is 4.90 Å². The normalized spacial score (nSPS) is 8.36. The number of nitrogens with zero attached hydrogens (tertiary/aromatic N) is 1. The molecule has 0 N–H and O–H groups in total. The molecule has 0 bridgehead atoms. The first kappa shape index (κ1) is 15.8. The van der Waals surface area contributed by atoms with E-state index in [2.05, 4.69) is 23.0 Å². The molecule has 1 aromatic carbocycles. The van der Waals surface area contributed by atoms with Crippen molar-refractivity contribution in [2.24, 2.45) is 0 Å². The van der Waals surface area contributed by atoms with Gasteiger partial charge in [-0.2, -0.15) is 0 Å².